The summed E-state index contributed by atoms with van der Waals surface area (Å²) < 4.78 is 26.1. The molecule has 4 nitrogen and oxygen atoms in total. The van der Waals surface area contributed by atoms with Crippen molar-refractivity contribution in [2.75, 3.05) is 0 Å². The van der Waals surface area contributed by atoms with Crippen molar-refractivity contribution in [2.45, 2.75) is 21.7 Å². The molecule has 0 spiro atoms. The minimum atomic E-state index is -3.94. The van der Waals surface area contributed by atoms with E-state index >= 15 is 0 Å². The number of rotatable bonds is 4. The second-order valence-electron chi connectivity index (χ2n) is 5.79. The lowest BCUT2D eigenvalue weighted by Gasteiger charge is -2.25. The van der Waals surface area contributed by atoms with Crippen molar-refractivity contribution in [3.05, 3.63) is 64.8 Å². The highest BCUT2D eigenvalue weighted by Gasteiger charge is 2.38. The van der Waals surface area contributed by atoms with Crippen molar-refractivity contribution in [1.29, 1.82) is 0 Å². The molecule has 9 heteroatoms. The van der Waals surface area contributed by atoms with Gasteiger partial charge in [-0.1, -0.05) is 64.6 Å². The van der Waals surface area contributed by atoms with Gasteiger partial charge in [0.2, 0.25) is 13.8 Å². The number of H-pyrrole nitrogens is 1. The lowest BCUT2D eigenvalue weighted by molar-refractivity contribution is 0.559. The maximum absolute atomic E-state index is 12.8. The number of alkyl halides is 3. The molecule has 2 aromatic carbocycles. The summed E-state index contributed by atoms with van der Waals surface area (Å²) in [6.45, 7) is 1.94. The van der Waals surface area contributed by atoms with Gasteiger partial charge in [0, 0.05) is 22.1 Å². The molecule has 0 amide bonds. The zero-order chi connectivity index (χ0) is 19.1. The molecule has 1 aromatic heterocycles. The Balaban J connectivity index is 2.07. The number of hydrogen-bond donors (Lipinski definition) is 2. The van der Waals surface area contributed by atoms with Gasteiger partial charge in [-0.25, -0.2) is 8.42 Å². The summed E-state index contributed by atoms with van der Waals surface area (Å²) in [5, 5.41) is 1.20. The SMILES string of the molecule is Cc1cccc2c(C(NS(=O)(=O)c3ccc(Cl)cc3)C(Cl)(Cl)Cl)c[nH]c12. The number of hydrogen-bond acceptors (Lipinski definition) is 2. The summed E-state index contributed by atoms with van der Waals surface area (Å²) in [5.41, 5.74) is 2.39. The van der Waals surface area contributed by atoms with Crippen LogP contribution in [0, 0.1) is 6.92 Å². The standard InChI is InChI=1S/C17H14Cl4N2O2S/c1-10-3-2-4-13-14(9-22-15(10)13)16(17(19,20)21)23-26(24,25)12-7-5-11(18)6-8-12/h2-9,16,22-23H,1H3. The Morgan fingerprint density at radius 3 is 2.35 bits per heavy atom. The summed E-state index contributed by atoms with van der Waals surface area (Å²) >= 11 is 24.2. The van der Waals surface area contributed by atoms with Crippen LogP contribution in [0.15, 0.2) is 53.6 Å². The molecule has 0 bridgehead atoms. The Morgan fingerprint density at radius 2 is 1.73 bits per heavy atom. The zero-order valence-corrected chi connectivity index (χ0v) is 17.3. The van der Waals surface area contributed by atoms with Gasteiger partial charge >= 0.3 is 0 Å². The lowest BCUT2D eigenvalue weighted by Crippen LogP contribution is -2.36. The number of halogens is 4. The van der Waals surface area contributed by atoms with Gasteiger partial charge < -0.3 is 4.98 Å². The second-order valence-corrected chi connectivity index (χ2v) is 10.3. The van der Waals surface area contributed by atoms with Crippen LogP contribution in [0.1, 0.15) is 17.2 Å². The van der Waals surface area contributed by atoms with Crippen LogP contribution in [-0.4, -0.2) is 17.2 Å². The average molecular weight is 452 g/mol. The highest BCUT2D eigenvalue weighted by Crippen LogP contribution is 2.43. The smallest absolute Gasteiger partial charge is 0.241 e. The fourth-order valence-electron chi connectivity index (χ4n) is 2.71. The summed E-state index contributed by atoms with van der Waals surface area (Å²) in [5.74, 6) is 0. The van der Waals surface area contributed by atoms with Gasteiger partial charge in [0.25, 0.3) is 0 Å². The van der Waals surface area contributed by atoms with Crippen molar-refractivity contribution < 1.29 is 8.42 Å². The van der Waals surface area contributed by atoms with Crippen LogP contribution in [-0.2, 0) is 10.0 Å². The van der Waals surface area contributed by atoms with Crippen molar-refractivity contribution in [3.8, 4) is 0 Å². The summed E-state index contributed by atoms with van der Waals surface area (Å²) in [6, 6.07) is 10.3. The van der Waals surface area contributed by atoms with Crippen LogP contribution in [0.2, 0.25) is 5.02 Å². The van der Waals surface area contributed by atoms with Crippen LogP contribution in [0.25, 0.3) is 10.9 Å². The van der Waals surface area contributed by atoms with Crippen molar-refractivity contribution in [3.63, 3.8) is 0 Å². The highest BCUT2D eigenvalue weighted by atomic mass is 35.6. The number of aryl methyl sites for hydroxylation is 1. The third-order valence-electron chi connectivity index (χ3n) is 3.99. The predicted molar refractivity (Wildman–Crippen MR) is 108 cm³/mol. The Hall–Kier alpha value is -0.950. The Kier molecular flexibility index (Phi) is 5.50. The monoisotopic (exact) mass is 450 g/mol. The maximum atomic E-state index is 12.8. The number of sulfonamides is 1. The third kappa shape index (κ3) is 3.98. The fraction of sp³-hybridized carbons (Fsp3) is 0.176. The number of nitrogens with one attached hydrogen (secondary N) is 2. The molecule has 0 aliphatic carbocycles. The molecule has 0 aliphatic rings. The van der Waals surface area contributed by atoms with E-state index in [0.717, 1.165) is 16.5 Å². The molecule has 1 heterocycles. The Morgan fingerprint density at radius 1 is 1.08 bits per heavy atom. The minimum absolute atomic E-state index is 0.0252. The first-order chi connectivity index (χ1) is 12.1. The van der Waals surface area contributed by atoms with Gasteiger partial charge in [-0.3, -0.25) is 0 Å². The summed E-state index contributed by atoms with van der Waals surface area (Å²) in [6.07, 6.45) is 1.65. The van der Waals surface area contributed by atoms with Gasteiger partial charge in [-0.2, -0.15) is 4.72 Å². The first kappa shape index (κ1) is 19.8. The van der Waals surface area contributed by atoms with E-state index in [-0.39, 0.29) is 4.90 Å². The molecular formula is C17H14Cl4N2O2S. The van der Waals surface area contributed by atoms with Crippen LogP contribution in [0.4, 0.5) is 0 Å². The molecule has 0 saturated carbocycles. The van der Waals surface area contributed by atoms with Crippen LogP contribution < -0.4 is 4.72 Å². The summed E-state index contributed by atoms with van der Waals surface area (Å²) in [7, 11) is -3.94. The first-order valence-electron chi connectivity index (χ1n) is 7.51. The normalized spacial score (nSPS) is 13.9. The first-order valence-corrected chi connectivity index (χ1v) is 10.5. The topological polar surface area (TPSA) is 62.0 Å². The van der Waals surface area contributed by atoms with Crippen molar-refractivity contribution in [1.82, 2.24) is 9.71 Å². The number of fused-ring (bicyclic) bond motifs is 1. The van der Waals surface area contributed by atoms with E-state index in [2.05, 4.69) is 9.71 Å². The number of benzene rings is 2. The number of para-hydroxylation sites is 1. The van der Waals surface area contributed by atoms with E-state index in [1.54, 1.807) is 6.20 Å². The summed E-state index contributed by atoms with van der Waals surface area (Å²) in [4.78, 5) is 3.14. The predicted octanol–water partition coefficient (Wildman–Crippen LogP) is 5.52. The van der Waals surface area contributed by atoms with Crippen molar-refractivity contribution in [2.24, 2.45) is 0 Å². The molecule has 1 unspecified atom stereocenters. The lowest BCUT2D eigenvalue weighted by atomic mass is 10.1. The Labute approximate surface area is 171 Å². The van der Waals surface area contributed by atoms with Gasteiger partial charge in [0.1, 0.15) is 0 Å². The molecule has 0 saturated heterocycles. The fourth-order valence-corrected chi connectivity index (χ4v) is 4.79. The Bertz CT molecular complexity index is 1040. The average Bonchev–Trinajstić information content (AvgIpc) is 2.97. The molecule has 26 heavy (non-hydrogen) atoms. The quantitative estimate of drug-likeness (QED) is 0.513. The molecule has 0 radical (unpaired) electrons. The second kappa shape index (κ2) is 7.23. The van der Waals surface area contributed by atoms with E-state index in [0.29, 0.717) is 10.6 Å². The van der Waals surface area contributed by atoms with Crippen molar-refractivity contribution >= 4 is 67.3 Å². The van der Waals surface area contributed by atoms with E-state index < -0.39 is 19.9 Å². The van der Waals surface area contributed by atoms with Crippen LogP contribution >= 0.6 is 46.4 Å². The molecular weight excluding hydrogens is 438 g/mol. The highest BCUT2D eigenvalue weighted by molar-refractivity contribution is 7.89. The maximum Gasteiger partial charge on any atom is 0.241 e. The number of aromatic amines is 1. The molecule has 138 valence electrons. The molecule has 3 rings (SSSR count). The van der Waals surface area contributed by atoms with E-state index in [1.165, 1.54) is 24.3 Å². The van der Waals surface area contributed by atoms with Gasteiger partial charge in [-0.05, 0) is 42.3 Å². The number of aromatic nitrogens is 1. The zero-order valence-electron chi connectivity index (χ0n) is 13.4. The molecule has 0 aliphatic heterocycles. The van der Waals surface area contributed by atoms with Gasteiger partial charge in [-0.15, -0.1) is 0 Å². The molecule has 2 N–H and O–H groups in total. The molecule has 1 atom stereocenters. The largest absolute Gasteiger partial charge is 0.361 e. The van der Waals surface area contributed by atoms with Gasteiger partial charge in [0.15, 0.2) is 0 Å². The minimum Gasteiger partial charge on any atom is -0.361 e. The van der Waals surface area contributed by atoms with E-state index in [4.69, 9.17) is 46.4 Å². The third-order valence-corrected chi connectivity index (χ3v) is 6.34. The van der Waals surface area contributed by atoms with E-state index in [9.17, 15) is 8.42 Å². The molecule has 3 aromatic rings. The van der Waals surface area contributed by atoms with Crippen LogP contribution in [0.3, 0.4) is 0 Å². The van der Waals surface area contributed by atoms with E-state index in [1.807, 2.05) is 25.1 Å². The van der Waals surface area contributed by atoms with Gasteiger partial charge in [0.05, 0.1) is 10.9 Å². The van der Waals surface area contributed by atoms with Crippen LogP contribution in [0.5, 0.6) is 0 Å². The molecule has 0 fully saturated rings.